The van der Waals surface area contributed by atoms with Gasteiger partial charge in [0.25, 0.3) is 0 Å². The van der Waals surface area contributed by atoms with Gasteiger partial charge in [-0.15, -0.1) is 0 Å². The van der Waals surface area contributed by atoms with Crippen molar-refractivity contribution in [2.75, 3.05) is 24.5 Å². The Morgan fingerprint density at radius 2 is 1.63 bits per heavy atom. The molecule has 0 aromatic heterocycles. The summed E-state index contributed by atoms with van der Waals surface area (Å²) in [6.07, 6.45) is 7.28. The molecule has 4 rings (SSSR count). The van der Waals surface area contributed by atoms with E-state index in [4.69, 9.17) is 0 Å². The summed E-state index contributed by atoms with van der Waals surface area (Å²) in [5.74, 6) is -0.218. The van der Waals surface area contributed by atoms with Gasteiger partial charge < -0.3 is 10.0 Å². The van der Waals surface area contributed by atoms with Crippen molar-refractivity contribution in [3.05, 3.63) is 59.7 Å². The number of hydrogen-bond acceptors (Lipinski definition) is 3. The van der Waals surface area contributed by atoms with Gasteiger partial charge in [0, 0.05) is 24.5 Å². The fourth-order valence-electron chi connectivity index (χ4n) is 5.29. The van der Waals surface area contributed by atoms with Crippen LogP contribution in [-0.4, -0.2) is 41.7 Å². The summed E-state index contributed by atoms with van der Waals surface area (Å²) in [6, 6.07) is 17.3. The lowest BCUT2D eigenvalue weighted by atomic mass is 9.96. The molecule has 2 unspecified atom stereocenters. The number of aryl methyl sites for hydroxylation is 2. The zero-order valence-electron chi connectivity index (χ0n) is 18.1. The number of aliphatic carboxylic acids is 1. The molecule has 0 spiro atoms. The zero-order valence-corrected chi connectivity index (χ0v) is 18.1. The van der Waals surface area contributed by atoms with Crippen LogP contribution < -0.4 is 4.90 Å². The summed E-state index contributed by atoms with van der Waals surface area (Å²) in [5.41, 5.74) is 5.45. The number of para-hydroxylation sites is 2. The van der Waals surface area contributed by atoms with Gasteiger partial charge in [0.2, 0.25) is 0 Å². The van der Waals surface area contributed by atoms with Crippen molar-refractivity contribution in [2.45, 2.75) is 57.9 Å². The summed E-state index contributed by atoms with van der Waals surface area (Å²) < 4.78 is 0. The van der Waals surface area contributed by atoms with Crippen LogP contribution in [0.2, 0.25) is 0 Å². The molecule has 2 aliphatic rings. The molecule has 0 saturated carbocycles. The van der Waals surface area contributed by atoms with Crippen LogP contribution in [0.1, 0.15) is 50.2 Å². The molecule has 2 atom stereocenters. The van der Waals surface area contributed by atoms with E-state index >= 15 is 0 Å². The van der Waals surface area contributed by atoms with E-state index in [-0.39, 0.29) is 6.04 Å². The Labute approximate surface area is 180 Å². The fourth-order valence-corrected chi connectivity index (χ4v) is 5.29. The third-order valence-corrected chi connectivity index (χ3v) is 6.76. The summed E-state index contributed by atoms with van der Waals surface area (Å²) in [7, 11) is 0. The van der Waals surface area contributed by atoms with Gasteiger partial charge in [-0.05, 0) is 67.8 Å². The predicted molar refractivity (Wildman–Crippen MR) is 123 cm³/mol. The van der Waals surface area contributed by atoms with Crippen molar-refractivity contribution < 1.29 is 9.90 Å². The van der Waals surface area contributed by atoms with Crippen molar-refractivity contribution in [1.29, 1.82) is 0 Å². The number of carbonyl (C=O) groups is 1. The molecule has 1 fully saturated rings. The lowest BCUT2D eigenvalue weighted by Crippen LogP contribution is -2.48. The zero-order chi connectivity index (χ0) is 20.9. The van der Waals surface area contributed by atoms with Crippen LogP contribution in [0.3, 0.4) is 0 Å². The van der Waals surface area contributed by atoms with Crippen molar-refractivity contribution >= 4 is 17.3 Å². The maximum Gasteiger partial charge on any atom is 0.320 e. The van der Waals surface area contributed by atoms with E-state index in [1.54, 1.807) is 0 Å². The molecule has 30 heavy (non-hydrogen) atoms. The van der Waals surface area contributed by atoms with Crippen LogP contribution in [0.25, 0.3) is 0 Å². The number of hydrogen-bond donors (Lipinski definition) is 1. The van der Waals surface area contributed by atoms with Crippen LogP contribution in [0, 0.1) is 5.92 Å². The van der Waals surface area contributed by atoms with Crippen molar-refractivity contribution in [3.63, 3.8) is 0 Å². The van der Waals surface area contributed by atoms with Gasteiger partial charge in [0.15, 0.2) is 0 Å². The minimum absolute atomic E-state index is 0.318. The summed E-state index contributed by atoms with van der Waals surface area (Å²) in [5, 5.41) is 9.72. The number of nitrogens with zero attached hydrogens (tertiary/aromatic N) is 2. The number of anilines is 2. The minimum Gasteiger partial charge on any atom is -0.480 e. The molecular formula is C26H34N2O2. The van der Waals surface area contributed by atoms with Crippen molar-refractivity contribution in [2.24, 2.45) is 5.92 Å². The number of piperidine rings is 1. The Morgan fingerprint density at radius 1 is 1.00 bits per heavy atom. The van der Waals surface area contributed by atoms with E-state index in [0.29, 0.717) is 5.92 Å². The molecule has 1 saturated heterocycles. The molecule has 2 aromatic rings. The van der Waals surface area contributed by atoms with Crippen LogP contribution in [0.15, 0.2) is 48.5 Å². The third kappa shape index (κ3) is 4.54. The smallest absolute Gasteiger partial charge is 0.320 e. The molecule has 2 heterocycles. The summed E-state index contributed by atoms with van der Waals surface area (Å²) >= 11 is 0. The molecular weight excluding hydrogens is 372 g/mol. The average Bonchev–Trinajstić information content (AvgIpc) is 2.92. The lowest BCUT2D eigenvalue weighted by molar-refractivity contribution is -0.144. The Hall–Kier alpha value is -2.33. The number of carboxylic acids is 1. The van der Waals surface area contributed by atoms with E-state index in [1.807, 2.05) is 0 Å². The van der Waals surface area contributed by atoms with Crippen molar-refractivity contribution in [1.82, 2.24) is 4.90 Å². The first-order chi connectivity index (χ1) is 14.7. The Bertz CT molecular complexity index is 818. The normalized spacial score (nSPS) is 20.2. The molecule has 0 aliphatic carbocycles. The molecule has 160 valence electrons. The van der Waals surface area contributed by atoms with Gasteiger partial charge in [-0.25, -0.2) is 0 Å². The Kier molecular flexibility index (Phi) is 6.73. The minimum atomic E-state index is -0.657. The van der Waals surface area contributed by atoms with Crippen LogP contribution in [-0.2, 0) is 17.6 Å². The maximum absolute atomic E-state index is 11.8. The first-order valence-corrected chi connectivity index (χ1v) is 11.6. The van der Waals surface area contributed by atoms with Gasteiger partial charge >= 0.3 is 5.97 Å². The van der Waals surface area contributed by atoms with Gasteiger partial charge in [-0.1, -0.05) is 56.2 Å². The van der Waals surface area contributed by atoms with Gasteiger partial charge in [0.05, 0.1) is 0 Å². The topological polar surface area (TPSA) is 43.8 Å². The molecule has 0 amide bonds. The van der Waals surface area contributed by atoms with Crippen LogP contribution in [0.4, 0.5) is 11.4 Å². The molecule has 1 N–H and O–H groups in total. The largest absolute Gasteiger partial charge is 0.480 e. The van der Waals surface area contributed by atoms with E-state index in [0.717, 1.165) is 64.6 Å². The lowest BCUT2D eigenvalue weighted by Gasteiger charge is -2.38. The maximum atomic E-state index is 11.8. The number of rotatable bonds is 7. The average molecular weight is 407 g/mol. The van der Waals surface area contributed by atoms with E-state index in [1.165, 1.54) is 22.5 Å². The molecule has 2 aliphatic heterocycles. The van der Waals surface area contributed by atoms with Gasteiger partial charge in [-0.3, -0.25) is 9.69 Å². The van der Waals surface area contributed by atoms with Crippen LogP contribution >= 0.6 is 0 Å². The molecule has 2 aromatic carbocycles. The number of benzene rings is 2. The first kappa shape index (κ1) is 20.9. The first-order valence-electron chi connectivity index (χ1n) is 11.6. The standard InChI is InChI=1S/C26H34N2O2/c1-2-9-20(18-27-17-8-7-14-25(27)26(29)30)19-28-23-12-5-3-10-21(23)15-16-22-11-4-6-13-24(22)28/h3-6,10-13,20,25H,2,7-9,14-19H2,1H3,(H,29,30). The van der Waals surface area contributed by atoms with Gasteiger partial charge in [-0.2, -0.15) is 0 Å². The molecule has 0 radical (unpaired) electrons. The number of likely N-dealkylation sites (tertiary alicyclic amines) is 1. The highest BCUT2D eigenvalue weighted by Gasteiger charge is 2.31. The Morgan fingerprint density at radius 3 is 2.23 bits per heavy atom. The monoisotopic (exact) mass is 406 g/mol. The SMILES string of the molecule is CCCC(CN1c2ccccc2CCc2ccccc21)CN1CCCCC1C(=O)O. The highest BCUT2D eigenvalue weighted by molar-refractivity contribution is 5.73. The highest BCUT2D eigenvalue weighted by Crippen LogP contribution is 2.37. The summed E-state index contributed by atoms with van der Waals surface area (Å²) in [4.78, 5) is 16.6. The van der Waals surface area contributed by atoms with Crippen LogP contribution in [0.5, 0.6) is 0 Å². The number of carboxylic acid groups (broad SMARTS) is 1. The van der Waals surface area contributed by atoms with E-state index < -0.39 is 5.97 Å². The second kappa shape index (κ2) is 9.65. The molecule has 4 heteroatoms. The highest BCUT2D eigenvalue weighted by atomic mass is 16.4. The Balaban J connectivity index is 1.62. The quantitative estimate of drug-likeness (QED) is 0.679. The number of fused-ring (bicyclic) bond motifs is 2. The second-order valence-corrected chi connectivity index (χ2v) is 8.87. The third-order valence-electron chi connectivity index (χ3n) is 6.76. The summed E-state index contributed by atoms with van der Waals surface area (Å²) in [6.45, 7) is 4.95. The predicted octanol–water partition coefficient (Wildman–Crippen LogP) is 5.28. The van der Waals surface area contributed by atoms with Crippen molar-refractivity contribution in [3.8, 4) is 0 Å². The molecule has 0 bridgehead atoms. The van der Waals surface area contributed by atoms with E-state index in [9.17, 15) is 9.90 Å². The fraction of sp³-hybridized carbons (Fsp3) is 0.500. The van der Waals surface area contributed by atoms with E-state index in [2.05, 4.69) is 65.3 Å². The van der Waals surface area contributed by atoms with Gasteiger partial charge in [0.1, 0.15) is 6.04 Å². The second-order valence-electron chi connectivity index (χ2n) is 8.87. The molecule has 4 nitrogen and oxygen atoms in total.